The fourth-order valence-corrected chi connectivity index (χ4v) is 3.90. The third-order valence-corrected chi connectivity index (χ3v) is 5.37. The summed E-state index contributed by atoms with van der Waals surface area (Å²) >= 11 is 0. The monoisotopic (exact) mass is 388 g/mol. The van der Waals surface area contributed by atoms with Crippen molar-refractivity contribution in [2.45, 2.75) is 40.2 Å². The molecule has 28 heavy (non-hydrogen) atoms. The molecule has 0 aliphatic carbocycles. The van der Waals surface area contributed by atoms with Gasteiger partial charge in [-0.3, -0.25) is 9.59 Å². The van der Waals surface area contributed by atoms with Crippen molar-refractivity contribution >= 4 is 22.4 Å². The van der Waals surface area contributed by atoms with Gasteiger partial charge in [-0.05, 0) is 43.7 Å². The number of ether oxygens (including phenoxy) is 1. The first-order valence-electron chi connectivity index (χ1n) is 9.94. The van der Waals surface area contributed by atoms with E-state index in [1.165, 1.54) is 13.0 Å². The lowest BCUT2D eigenvalue weighted by molar-refractivity contribution is 0.0685. The van der Waals surface area contributed by atoms with E-state index in [9.17, 15) is 14.0 Å². The van der Waals surface area contributed by atoms with Gasteiger partial charge in [0.2, 0.25) is 0 Å². The predicted molar refractivity (Wildman–Crippen MR) is 110 cm³/mol. The zero-order valence-corrected chi connectivity index (χ0v) is 17.1. The number of carbonyl (C=O) groups excluding carboxylic acids is 1. The maximum Gasteiger partial charge on any atom is 0.200 e. The molecule has 152 valence electrons. The molecule has 0 N–H and O–H groups in total. The average molecular weight is 388 g/mol. The molecule has 0 saturated carbocycles. The first-order chi connectivity index (χ1) is 13.3. The summed E-state index contributed by atoms with van der Waals surface area (Å²) in [5, 5.41) is 0.258. The zero-order chi connectivity index (χ0) is 20.4. The number of ketones is 1. The predicted octanol–water partition coefficient (Wildman–Crippen LogP) is 3.86. The van der Waals surface area contributed by atoms with Crippen molar-refractivity contribution in [2.75, 3.05) is 31.7 Å². The summed E-state index contributed by atoms with van der Waals surface area (Å²) in [6, 6.07) is 3.04. The van der Waals surface area contributed by atoms with Crippen LogP contribution in [-0.2, 0) is 11.3 Å². The Morgan fingerprint density at radius 3 is 2.61 bits per heavy atom. The van der Waals surface area contributed by atoms with Crippen molar-refractivity contribution in [3.8, 4) is 0 Å². The molecule has 0 atom stereocenters. The molecule has 5 nitrogen and oxygen atoms in total. The molecule has 3 rings (SSSR count). The van der Waals surface area contributed by atoms with Gasteiger partial charge in [-0.15, -0.1) is 0 Å². The maximum atomic E-state index is 14.9. The first-order valence-corrected chi connectivity index (χ1v) is 9.94. The number of carbonyl (C=O) groups is 1. The molecule has 1 aromatic heterocycles. The number of aromatic nitrogens is 1. The molecule has 0 unspecified atom stereocenters. The van der Waals surface area contributed by atoms with Crippen LogP contribution in [0.5, 0.6) is 0 Å². The quantitative estimate of drug-likeness (QED) is 0.705. The van der Waals surface area contributed by atoms with Crippen LogP contribution in [0.25, 0.3) is 10.9 Å². The van der Waals surface area contributed by atoms with Crippen LogP contribution in [0.2, 0.25) is 0 Å². The number of rotatable bonds is 6. The van der Waals surface area contributed by atoms with Gasteiger partial charge in [-0.2, -0.15) is 0 Å². The normalized spacial score (nSPS) is 15.4. The second-order valence-corrected chi connectivity index (χ2v) is 8.23. The summed E-state index contributed by atoms with van der Waals surface area (Å²) in [4.78, 5) is 26.6. The molecule has 1 saturated heterocycles. The molecule has 2 aromatic rings. The number of hydrogen-bond acceptors (Lipinski definition) is 4. The molecule has 1 aliphatic heterocycles. The minimum Gasteiger partial charge on any atom is -0.381 e. The third kappa shape index (κ3) is 4.27. The highest BCUT2D eigenvalue weighted by atomic mass is 19.1. The number of benzene rings is 1. The number of fused-ring (bicyclic) bond motifs is 1. The average Bonchev–Trinajstić information content (AvgIpc) is 2.64. The van der Waals surface area contributed by atoms with Crippen LogP contribution in [0.1, 0.15) is 44.0 Å². The van der Waals surface area contributed by atoms with Gasteiger partial charge in [0, 0.05) is 44.9 Å². The van der Waals surface area contributed by atoms with E-state index in [1.54, 1.807) is 12.3 Å². The molecule has 0 bridgehead atoms. The summed E-state index contributed by atoms with van der Waals surface area (Å²) < 4.78 is 22.2. The van der Waals surface area contributed by atoms with Crippen molar-refractivity contribution < 1.29 is 13.9 Å². The molecule has 1 fully saturated rings. The maximum absolute atomic E-state index is 14.9. The van der Waals surface area contributed by atoms with E-state index in [0.717, 1.165) is 32.6 Å². The van der Waals surface area contributed by atoms with Crippen LogP contribution >= 0.6 is 0 Å². The van der Waals surface area contributed by atoms with E-state index in [0.29, 0.717) is 29.6 Å². The number of anilines is 1. The minimum absolute atomic E-state index is 0.107. The first kappa shape index (κ1) is 20.5. The highest BCUT2D eigenvalue weighted by molar-refractivity contribution is 5.97. The smallest absolute Gasteiger partial charge is 0.200 e. The van der Waals surface area contributed by atoms with Gasteiger partial charge >= 0.3 is 0 Å². The SMILES string of the molecule is CC(=O)c1cn(CC(C)C)c2cc(N(C)CC3CCOCC3)c(F)cc2c1=O. The second-order valence-electron chi connectivity index (χ2n) is 8.23. The lowest BCUT2D eigenvalue weighted by Crippen LogP contribution is -2.30. The van der Waals surface area contributed by atoms with Gasteiger partial charge < -0.3 is 14.2 Å². The van der Waals surface area contributed by atoms with Gasteiger partial charge in [0.1, 0.15) is 5.82 Å². The topological polar surface area (TPSA) is 51.5 Å². The minimum atomic E-state index is -0.434. The van der Waals surface area contributed by atoms with Crippen molar-refractivity contribution in [3.63, 3.8) is 0 Å². The molecular weight excluding hydrogens is 359 g/mol. The standard InChI is InChI=1S/C22H29FN2O3/c1-14(2)11-25-13-18(15(3)26)22(27)17-9-19(23)21(10-20(17)25)24(4)12-16-5-7-28-8-6-16/h9-10,13-14,16H,5-8,11-12H2,1-4H3. The van der Waals surface area contributed by atoms with Gasteiger partial charge in [-0.25, -0.2) is 4.39 Å². The van der Waals surface area contributed by atoms with E-state index in [-0.39, 0.29) is 16.7 Å². The number of nitrogens with zero attached hydrogens (tertiary/aromatic N) is 2. The largest absolute Gasteiger partial charge is 0.381 e. The molecule has 0 amide bonds. The van der Waals surface area contributed by atoms with Gasteiger partial charge in [0.05, 0.1) is 16.8 Å². The third-order valence-electron chi connectivity index (χ3n) is 5.37. The summed E-state index contributed by atoms with van der Waals surface area (Å²) in [5.41, 5.74) is 0.848. The summed E-state index contributed by atoms with van der Waals surface area (Å²) in [6.45, 7) is 8.39. The summed E-state index contributed by atoms with van der Waals surface area (Å²) in [7, 11) is 1.88. The Hall–Kier alpha value is -2.21. The number of Topliss-reactive ketones (excluding diaryl/α,β-unsaturated/α-hetero) is 1. The van der Waals surface area contributed by atoms with Gasteiger partial charge in [-0.1, -0.05) is 13.8 Å². The van der Waals surface area contributed by atoms with Crippen LogP contribution in [-0.4, -0.2) is 37.2 Å². The number of pyridine rings is 1. The molecule has 0 spiro atoms. The van der Waals surface area contributed by atoms with E-state index in [2.05, 4.69) is 13.8 Å². The Morgan fingerprint density at radius 1 is 1.32 bits per heavy atom. The van der Waals surface area contributed by atoms with Crippen molar-refractivity contribution in [1.82, 2.24) is 4.57 Å². The Labute approximate surface area is 165 Å². The summed E-state index contributed by atoms with van der Waals surface area (Å²) in [5.74, 6) is 0.0484. The molecular formula is C22H29FN2O3. The Bertz CT molecular complexity index is 930. The Kier molecular flexibility index (Phi) is 6.18. The van der Waals surface area contributed by atoms with E-state index < -0.39 is 11.2 Å². The van der Waals surface area contributed by atoms with Crippen molar-refractivity contribution in [1.29, 1.82) is 0 Å². The molecule has 0 radical (unpaired) electrons. The molecule has 1 aliphatic rings. The van der Waals surface area contributed by atoms with Crippen molar-refractivity contribution in [2.24, 2.45) is 11.8 Å². The van der Waals surface area contributed by atoms with E-state index in [4.69, 9.17) is 4.74 Å². The number of hydrogen-bond donors (Lipinski definition) is 0. The highest BCUT2D eigenvalue weighted by Gasteiger charge is 2.20. The van der Waals surface area contributed by atoms with E-state index in [1.807, 2.05) is 16.5 Å². The van der Waals surface area contributed by atoms with Gasteiger partial charge in [0.25, 0.3) is 0 Å². The fourth-order valence-electron chi connectivity index (χ4n) is 3.90. The Balaban J connectivity index is 2.07. The second kappa shape index (κ2) is 8.43. The lowest BCUT2D eigenvalue weighted by atomic mass is 9.99. The molecule has 6 heteroatoms. The van der Waals surface area contributed by atoms with Crippen LogP contribution in [0.4, 0.5) is 10.1 Å². The Morgan fingerprint density at radius 2 is 2.00 bits per heavy atom. The van der Waals surface area contributed by atoms with Crippen LogP contribution in [0.15, 0.2) is 23.1 Å². The van der Waals surface area contributed by atoms with Gasteiger partial charge in [0.15, 0.2) is 11.2 Å². The fraction of sp³-hybridized carbons (Fsp3) is 0.545. The zero-order valence-electron chi connectivity index (χ0n) is 17.1. The molecule has 1 aromatic carbocycles. The van der Waals surface area contributed by atoms with E-state index >= 15 is 0 Å². The van der Waals surface area contributed by atoms with Crippen LogP contribution in [0, 0.1) is 17.7 Å². The van der Waals surface area contributed by atoms with Crippen LogP contribution < -0.4 is 10.3 Å². The summed E-state index contributed by atoms with van der Waals surface area (Å²) in [6.07, 6.45) is 3.56. The van der Waals surface area contributed by atoms with Crippen molar-refractivity contribution in [3.05, 3.63) is 39.9 Å². The highest BCUT2D eigenvalue weighted by Crippen LogP contribution is 2.27. The number of halogens is 1. The van der Waals surface area contributed by atoms with Crippen LogP contribution in [0.3, 0.4) is 0 Å². The molecule has 2 heterocycles. The lowest BCUT2D eigenvalue weighted by Gasteiger charge is -2.29.